The van der Waals surface area contributed by atoms with Crippen LogP contribution in [0.5, 0.6) is 0 Å². The summed E-state index contributed by atoms with van der Waals surface area (Å²) in [6.07, 6.45) is 0. The molecule has 3 nitrogen and oxygen atoms in total. The maximum Gasteiger partial charge on any atom is 0.103 e. The Morgan fingerprint density at radius 1 is 1.50 bits per heavy atom. The third-order valence-corrected chi connectivity index (χ3v) is 3.64. The first kappa shape index (κ1) is 13.5. The minimum Gasteiger partial charge on any atom is -0.389 e. The van der Waals surface area contributed by atoms with Crippen molar-refractivity contribution in [3.05, 3.63) is 35.4 Å². The Bertz CT molecular complexity index is 445. The molecule has 2 rings (SSSR count). The molecule has 1 heterocycles. The van der Waals surface area contributed by atoms with Gasteiger partial charge in [-0.1, -0.05) is 30.4 Å². The zero-order chi connectivity index (χ0) is 13.2. The van der Waals surface area contributed by atoms with Crippen LogP contribution in [0, 0.1) is 0 Å². The highest BCUT2D eigenvalue weighted by atomic mass is 32.1. The lowest BCUT2D eigenvalue weighted by Crippen LogP contribution is -2.52. The molecule has 18 heavy (non-hydrogen) atoms. The summed E-state index contributed by atoms with van der Waals surface area (Å²) >= 11 is 5.02. The van der Waals surface area contributed by atoms with E-state index >= 15 is 0 Å². The standard InChI is InChI=1S/C14H20N2OS/c1-14(2)10-17-7-6-16(14)9-11-4-3-5-12(8-11)13(15)18/h3-5,8H,6-7,9-10H2,1-2H3,(H2,15,18). The molecule has 0 spiro atoms. The van der Waals surface area contributed by atoms with Crippen LogP contribution in [0.15, 0.2) is 24.3 Å². The van der Waals surface area contributed by atoms with Crippen molar-refractivity contribution in [1.29, 1.82) is 0 Å². The molecule has 0 aliphatic carbocycles. The molecule has 1 fully saturated rings. The maximum absolute atomic E-state index is 5.67. The Morgan fingerprint density at radius 2 is 2.28 bits per heavy atom. The van der Waals surface area contributed by atoms with Crippen LogP contribution in [-0.2, 0) is 11.3 Å². The Hall–Kier alpha value is -0.970. The van der Waals surface area contributed by atoms with Gasteiger partial charge in [-0.05, 0) is 25.5 Å². The third-order valence-electron chi connectivity index (χ3n) is 3.40. The summed E-state index contributed by atoms with van der Waals surface area (Å²) in [5.41, 5.74) is 7.93. The van der Waals surface area contributed by atoms with Gasteiger partial charge in [-0.2, -0.15) is 0 Å². The number of ether oxygens (including phenoxy) is 1. The zero-order valence-corrected chi connectivity index (χ0v) is 11.8. The van der Waals surface area contributed by atoms with Gasteiger partial charge in [0, 0.05) is 24.2 Å². The SMILES string of the molecule is CC1(C)COCCN1Cc1cccc(C(N)=S)c1. The van der Waals surface area contributed by atoms with Crippen LogP contribution in [0.2, 0.25) is 0 Å². The first-order valence-corrected chi connectivity index (χ1v) is 6.61. The van der Waals surface area contributed by atoms with Crippen LogP contribution in [0.1, 0.15) is 25.0 Å². The molecule has 4 heteroatoms. The van der Waals surface area contributed by atoms with Crippen molar-refractivity contribution < 1.29 is 4.74 Å². The molecule has 1 aliphatic heterocycles. The Balaban J connectivity index is 2.13. The van der Waals surface area contributed by atoms with Gasteiger partial charge in [-0.3, -0.25) is 4.90 Å². The van der Waals surface area contributed by atoms with Gasteiger partial charge in [0.1, 0.15) is 4.99 Å². The summed E-state index contributed by atoms with van der Waals surface area (Å²) in [4.78, 5) is 2.90. The Morgan fingerprint density at radius 3 is 2.94 bits per heavy atom. The number of thiocarbonyl (C=S) groups is 1. The van der Waals surface area contributed by atoms with E-state index in [2.05, 4.69) is 30.9 Å². The van der Waals surface area contributed by atoms with Gasteiger partial charge in [0.25, 0.3) is 0 Å². The molecule has 1 aromatic carbocycles. The predicted octanol–water partition coefficient (Wildman–Crippen LogP) is 1.93. The van der Waals surface area contributed by atoms with Crippen molar-refractivity contribution in [2.45, 2.75) is 25.9 Å². The van der Waals surface area contributed by atoms with Crippen LogP contribution in [0.4, 0.5) is 0 Å². The second-order valence-corrected chi connectivity index (χ2v) is 5.79. The third kappa shape index (κ3) is 3.07. The number of hydrogen-bond donors (Lipinski definition) is 1. The number of morpholine rings is 1. The van der Waals surface area contributed by atoms with Crippen molar-refractivity contribution in [3.63, 3.8) is 0 Å². The van der Waals surface area contributed by atoms with Crippen LogP contribution in [0.25, 0.3) is 0 Å². The van der Waals surface area contributed by atoms with E-state index in [1.165, 1.54) is 5.56 Å². The molecule has 0 saturated carbocycles. The fourth-order valence-electron chi connectivity index (χ4n) is 2.23. The molecule has 1 saturated heterocycles. The van der Waals surface area contributed by atoms with E-state index in [4.69, 9.17) is 22.7 Å². The average Bonchev–Trinajstić information content (AvgIpc) is 2.32. The van der Waals surface area contributed by atoms with Crippen molar-refractivity contribution in [1.82, 2.24) is 4.90 Å². The molecule has 0 bridgehead atoms. The largest absolute Gasteiger partial charge is 0.389 e. The van der Waals surface area contributed by atoms with E-state index in [1.54, 1.807) is 0 Å². The summed E-state index contributed by atoms with van der Waals surface area (Å²) in [6.45, 7) is 7.88. The molecule has 0 radical (unpaired) electrons. The van der Waals surface area contributed by atoms with E-state index in [9.17, 15) is 0 Å². The van der Waals surface area contributed by atoms with Crippen molar-refractivity contribution in [3.8, 4) is 0 Å². The van der Waals surface area contributed by atoms with Gasteiger partial charge in [0.15, 0.2) is 0 Å². The van der Waals surface area contributed by atoms with Gasteiger partial charge in [0.2, 0.25) is 0 Å². The number of rotatable bonds is 3. The van der Waals surface area contributed by atoms with Crippen LogP contribution in [-0.4, -0.2) is 35.2 Å². The Kier molecular flexibility index (Phi) is 4.00. The summed E-state index contributed by atoms with van der Waals surface area (Å²) < 4.78 is 5.53. The van der Waals surface area contributed by atoms with Crippen LogP contribution in [0.3, 0.4) is 0 Å². The summed E-state index contributed by atoms with van der Waals surface area (Å²) in [7, 11) is 0. The van der Waals surface area contributed by atoms with Crippen LogP contribution < -0.4 is 5.73 Å². The highest BCUT2D eigenvalue weighted by Gasteiger charge is 2.30. The monoisotopic (exact) mass is 264 g/mol. The van der Waals surface area contributed by atoms with Gasteiger partial charge in [-0.25, -0.2) is 0 Å². The minimum atomic E-state index is 0.0808. The van der Waals surface area contributed by atoms with Crippen LogP contribution >= 0.6 is 12.2 Å². The smallest absolute Gasteiger partial charge is 0.103 e. The first-order valence-electron chi connectivity index (χ1n) is 6.20. The van der Waals surface area contributed by atoms with Crippen molar-refractivity contribution in [2.24, 2.45) is 5.73 Å². The summed E-state index contributed by atoms with van der Waals surface area (Å²) in [6, 6.07) is 8.16. The zero-order valence-electron chi connectivity index (χ0n) is 11.0. The summed E-state index contributed by atoms with van der Waals surface area (Å²) in [5.74, 6) is 0. The van der Waals surface area contributed by atoms with Crippen molar-refractivity contribution >= 4 is 17.2 Å². The second kappa shape index (κ2) is 5.34. The predicted molar refractivity (Wildman–Crippen MR) is 77.6 cm³/mol. The van der Waals surface area contributed by atoms with Gasteiger partial charge < -0.3 is 10.5 Å². The van der Waals surface area contributed by atoms with E-state index < -0.39 is 0 Å². The molecular weight excluding hydrogens is 244 g/mol. The molecule has 1 aromatic rings. The number of nitrogens with two attached hydrogens (primary N) is 1. The molecule has 0 aromatic heterocycles. The quantitative estimate of drug-likeness (QED) is 0.847. The highest BCUT2D eigenvalue weighted by Crippen LogP contribution is 2.21. The van der Waals surface area contributed by atoms with E-state index in [-0.39, 0.29) is 5.54 Å². The lowest BCUT2D eigenvalue weighted by Gasteiger charge is -2.42. The second-order valence-electron chi connectivity index (χ2n) is 5.35. The van der Waals surface area contributed by atoms with Gasteiger partial charge in [-0.15, -0.1) is 0 Å². The maximum atomic E-state index is 5.67. The topological polar surface area (TPSA) is 38.5 Å². The fourth-order valence-corrected chi connectivity index (χ4v) is 2.35. The first-order chi connectivity index (χ1) is 8.49. The number of nitrogens with zero attached hydrogens (tertiary/aromatic N) is 1. The van der Waals surface area contributed by atoms with E-state index in [1.807, 2.05) is 12.1 Å². The highest BCUT2D eigenvalue weighted by molar-refractivity contribution is 7.80. The lowest BCUT2D eigenvalue weighted by atomic mass is 10.0. The number of benzene rings is 1. The minimum absolute atomic E-state index is 0.0808. The molecule has 2 N–H and O–H groups in total. The van der Waals surface area contributed by atoms with E-state index in [0.29, 0.717) is 4.99 Å². The van der Waals surface area contributed by atoms with Gasteiger partial charge in [0.05, 0.1) is 13.2 Å². The molecule has 0 amide bonds. The average molecular weight is 264 g/mol. The normalized spacial score (nSPS) is 19.7. The molecule has 0 atom stereocenters. The lowest BCUT2D eigenvalue weighted by molar-refractivity contribution is -0.0552. The van der Waals surface area contributed by atoms with Gasteiger partial charge >= 0.3 is 0 Å². The molecule has 0 unspecified atom stereocenters. The molecule has 1 aliphatic rings. The fraction of sp³-hybridized carbons (Fsp3) is 0.500. The van der Waals surface area contributed by atoms with E-state index in [0.717, 1.165) is 31.9 Å². The molecular formula is C14H20N2OS. The summed E-state index contributed by atoms with van der Waals surface area (Å²) in [5, 5.41) is 0. The number of hydrogen-bond acceptors (Lipinski definition) is 3. The Labute approximate surface area is 114 Å². The molecule has 98 valence electrons. The van der Waals surface area contributed by atoms with Crippen molar-refractivity contribution in [2.75, 3.05) is 19.8 Å².